The van der Waals surface area contributed by atoms with Crippen LogP contribution in [0, 0.1) is 0 Å². The largest absolute Gasteiger partial charge is 0.496 e. The number of nitrogen functional groups attached to an aromatic ring is 1. The molecule has 0 aliphatic carbocycles. The summed E-state index contributed by atoms with van der Waals surface area (Å²) in [7, 11) is 1.47. The molecule has 0 fully saturated rings. The lowest BCUT2D eigenvalue weighted by Crippen LogP contribution is -2.14. The Hall–Kier alpha value is -3.02. The SMILES string of the molecule is COc1cc(N)ccc1C(=O)Nc1ccc(C(N)=O)cc1. The second kappa shape index (κ2) is 5.96. The molecule has 0 aromatic heterocycles. The zero-order valence-electron chi connectivity index (χ0n) is 11.4. The molecule has 6 heteroatoms. The Balaban J connectivity index is 2.19. The molecule has 2 rings (SSSR count). The number of benzene rings is 2. The summed E-state index contributed by atoms with van der Waals surface area (Å²) in [6.45, 7) is 0. The third-order valence-corrected chi connectivity index (χ3v) is 2.90. The summed E-state index contributed by atoms with van der Waals surface area (Å²) >= 11 is 0. The number of nitrogens with one attached hydrogen (secondary N) is 1. The van der Waals surface area contributed by atoms with Gasteiger partial charge in [-0.3, -0.25) is 9.59 Å². The summed E-state index contributed by atoms with van der Waals surface area (Å²) in [4.78, 5) is 23.2. The second-order valence-corrected chi connectivity index (χ2v) is 4.36. The van der Waals surface area contributed by atoms with Gasteiger partial charge < -0.3 is 21.5 Å². The first-order chi connectivity index (χ1) is 10.0. The third kappa shape index (κ3) is 3.30. The number of ether oxygens (including phenoxy) is 1. The number of methoxy groups -OCH3 is 1. The number of amides is 2. The summed E-state index contributed by atoms with van der Waals surface area (Å²) in [6.07, 6.45) is 0. The Labute approximate surface area is 121 Å². The van der Waals surface area contributed by atoms with Crippen molar-refractivity contribution in [2.75, 3.05) is 18.2 Å². The minimum Gasteiger partial charge on any atom is -0.496 e. The van der Waals surface area contributed by atoms with E-state index in [2.05, 4.69) is 5.32 Å². The molecule has 0 saturated heterocycles. The summed E-state index contributed by atoms with van der Waals surface area (Å²) in [5, 5.41) is 2.71. The van der Waals surface area contributed by atoms with Crippen molar-refractivity contribution < 1.29 is 14.3 Å². The lowest BCUT2D eigenvalue weighted by Gasteiger charge is -2.10. The van der Waals surface area contributed by atoms with Gasteiger partial charge in [0.25, 0.3) is 5.91 Å². The summed E-state index contributed by atoms with van der Waals surface area (Å²) < 4.78 is 5.13. The number of hydrogen-bond donors (Lipinski definition) is 3. The molecule has 0 saturated carbocycles. The molecule has 0 aliphatic heterocycles. The molecule has 0 atom stereocenters. The number of nitrogens with two attached hydrogens (primary N) is 2. The van der Waals surface area contributed by atoms with Gasteiger partial charge in [0.1, 0.15) is 5.75 Å². The Morgan fingerprint density at radius 3 is 2.33 bits per heavy atom. The molecule has 2 aromatic rings. The maximum absolute atomic E-state index is 12.2. The lowest BCUT2D eigenvalue weighted by molar-refractivity contribution is 0.0998. The number of carbonyl (C=O) groups is 2. The van der Waals surface area contributed by atoms with Gasteiger partial charge in [-0.25, -0.2) is 0 Å². The third-order valence-electron chi connectivity index (χ3n) is 2.90. The van der Waals surface area contributed by atoms with Crippen molar-refractivity contribution >= 4 is 23.2 Å². The Bertz CT molecular complexity index is 681. The average molecular weight is 285 g/mol. The van der Waals surface area contributed by atoms with Crippen LogP contribution in [-0.4, -0.2) is 18.9 Å². The van der Waals surface area contributed by atoms with Crippen LogP contribution in [0.4, 0.5) is 11.4 Å². The van der Waals surface area contributed by atoms with Gasteiger partial charge in [-0.1, -0.05) is 0 Å². The predicted molar refractivity (Wildman–Crippen MR) is 80.3 cm³/mol. The molecule has 5 N–H and O–H groups in total. The Morgan fingerprint density at radius 2 is 1.76 bits per heavy atom. The minimum atomic E-state index is -0.520. The van der Waals surface area contributed by atoms with E-state index in [1.54, 1.807) is 30.3 Å². The van der Waals surface area contributed by atoms with Crippen molar-refractivity contribution in [1.82, 2.24) is 0 Å². The van der Waals surface area contributed by atoms with E-state index in [1.807, 2.05) is 0 Å². The minimum absolute atomic E-state index is 0.335. The van der Waals surface area contributed by atoms with Crippen LogP contribution < -0.4 is 21.5 Å². The number of hydrogen-bond acceptors (Lipinski definition) is 4. The van der Waals surface area contributed by atoms with E-state index in [0.717, 1.165) is 0 Å². The predicted octanol–water partition coefficient (Wildman–Crippen LogP) is 1.63. The van der Waals surface area contributed by atoms with Gasteiger partial charge >= 0.3 is 0 Å². The van der Waals surface area contributed by atoms with Gasteiger partial charge in [-0.15, -0.1) is 0 Å². The highest BCUT2D eigenvalue weighted by molar-refractivity contribution is 6.06. The summed E-state index contributed by atoms with van der Waals surface area (Å²) in [5.74, 6) is -0.465. The maximum Gasteiger partial charge on any atom is 0.259 e. The highest BCUT2D eigenvalue weighted by Crippen LogP contribution is 2.22. The zero-order valence-corrected chi connectivity index (χ0v) is 11.4. The van der Waals surface area contributed by atoms with Crippen LogP contribution in [-0.2, 0) is 0 Å². The van der Waals surface area contributed by atoms with Crippen LogP contribution in [0.5, 0.6) is 5.75 Å². The van der Waals surface area contributed by atoms with Gasteiger partial charge in [0.2, 0.25) is 5.91 Å². The van der Waals surface area contributed by atoms with Crippen molar-refractivity contribution in [3.05, 3.63) is 53.6 Å². The molecule has 0 aliphatic rings. The fourth-order valence-electron chi connectivity index (χ4n) is 1.81. The molecule has 2 aromatic carbocycles. The zero-order chi connectivity index (χ0) is 15.4. The standard InChI is InChI=1S/C15H15N3O3/c1-21-13-8-10(16)4-7-12(13)15(20)18-11-5-2-9(3-6-11)14(17)19/h2-8H,16H2,1H3,(H2,17,19)(H,18,20). The van der Waals surface area contributed by atoms with E-state index < -0.39 is 5.91 Å². The average Bonchev–Trinajstić information content (AvgIpc) is 2.47. The van der Waals surface area contributed by atoms with Gasteiger partial charge in [-0.05, 0) is 36.4 Å². The van der Waals surface area contributed by atoms with Crippen LogP contribution in [0.2, 0.25) is 0 Å². The molecule has 0 heterocycles. The molecular weight excluding hydrogens is 270 g/mol. The van der Waals surface area contributed by atoms with E-state index in [4.69, 9.17) is 16.2 Å². The fraction of sp³-hybridized carbons (Fsp3) is 0.0667. The van der Waals surface area contributed by atoms with Crippen molar-refractivity contribution in [2.24, 2.45) is 5.73 Å². The maximum atomic E-state index is 12.2. The van der Waals surface area contributed by atoms with E-state index in [1.165, 1.54) is 19.2 Å². The van der Waals surface area contributed by atoms with Gasteiger partial charge in [-0.2, -0.15) is 0 Å². The van der Waals surface area contributed by atoms with Crippen LogP contribution >= 0.6 is 0 Å². The molecule has 6 nitrogen and oxygen atoms in total. The first-order valence-electron chi connectivity index (χ1n) is 6.16. The van der Waals surface area contributed by atoms with Crippen molar-refractivity contribution in [2.45, 2.75) is 0 Å². The normalized spacial score (nSPS) is 9.95. The first-order valence-corrected chi connectivity index (χ1v) is 6.16. The fourth-order valence-corrected chi connectivity index (χ4v) is 1.81. The molecule has 0 unspecified atom stereocenters. The number of rotatable bonds is 4. The summed E-state index contributed by atoms with van der Waals surface area (Å²) in [5.41, 5.74) is 12.6. The molecule has 0 bridgehead atoms. The van der Waals surface area contributed by atoms with E-state index >= 15 is 0 Å². The van der Waals surface area contributed by atoms with Crippen LogP contribution in [0.25, 0.3) is 0 Å². The quantitative estimate of drug-likeness (QED) is 0.742. The van der Waals surface area contributed by atoms with Crippen molar-refractivity contribution in [3.8, 4) is 5.75 Å². The highest BCUT2D eigenvalue weighted by atomic mass is 16.5. The van der Waals surface area contributed by atoms with Crippen LogP contribution in [0.1, 0.15) is 20.7 Å². The molecule has 2 amide bonds. The first kappa shape index (κ1) is 14.4. The molecule has 0 spiro atoms. The number of carbonyl (C=O) groups excluding carboxylic acids is 2. The van der Waals surface area contributed by atoms with Crippen LogP contribution in [0.3, 0.4) is 0 Å². The Kier molecular flexibility index (Phi) is 4.08. The van der Waals surface area contributed by atoms with Crippen molar-refractivity contribution in [1.29, 1.82) is 0 Å². The molecule has 0 radical (unpaired) electrons. The summed E-state index contributed by atoms with van der Waals surface area (Å²) in [6, 6.07) is 11.1. The smallest absolute Gasteiger partial charge is 0.259 e. The Morgan fingerprint density at radius 1 is 1.10 bits per heavy atom. The monoisotopic (exact) mass is 285 g/mol. The van der Waals surface area contributed by atoms with Gasteiger partial charge in [0.05, 0.1) is 12.7 Å². The van der Waals surface area contributed by atoms with E-state index in [9.17, 15) is 9.59 Å². The van der Waals surface area contributed by atoms with E-state index in [0.29, 0.717) is 28.3 Å². The molecule has 21 heavy (non-hydrogen) atoms. The topological polar surface area (TPSA) is 107 Å². The number of anilines is 2. The lowest BCUT2D eigenvalue weighted by atomic mass is 10.1. The van der Waals surface area contributed by atoms with Gasteiger partial charge in [0.15, 0.2) is 0 Å². The second-order valence-electron chi connectivity index (χ2n) is 4.36. The molecule has 108 valence electrons. The van der Waals surface area contributed by atoms with Crippen molar-refractivity contribution in [3.63, 3.8) is 0 Å². The number of primary amides is 1. The highest BCUT2D eigenvalue weighted by Gasteiger charge is 2.12. The van der Waals surface area contributed by atoms with E-state index in [-0.39, 0.29) is 5.91 Å². The van der Waals surface area contributed by atoms with Gasteiger partial charge in [0, 0.05) is 23.0 Å². The molecular formula is C15H15N3O3. The van der Waals surface area contributed by atoms with Crippen LogP contribution in [0.15, 0.2) is 42.5 Å².